The normalized spacial score (nSPS) is 10.6. The maximum atomic E-state index is 8.49. The van der Waals surface area contributed by atoms with Gasteiger partial charge in [-0.25, -0.2) is 52.2 Å². The molecule has 0 amide bonds. The van der Waals surface area contributed by atoms with Crippen LogP contribution in [0.4, 0.5) is 34.5 Å². The SMILES string of the molecule is [O-][Cl+3]([O-])([O-])[O-].[O-][Cl+3]([O-])([O-])[O-].[Ru+2].c1ccc(N=Nc2ccccn2)cc1.c1ccc(N=Nc2ccccn2)cc1.c1ccc(N=Nc2ccccn2)cc1. The third-order valence-corrected chi connectivity index (χ3v) is 5.02. The molecule has 20 heteroatoms. The Morgan fingerprint density at radius 3 is 0.698 bits per heavy atom. The zero-order chi connectivity index (χ0) is 37.9. The molecule has 3 aromatic heterocycles. The van der Waals surface area contributed by atoms with Gasteiger partial charge in [0.15, 0.2) is 17.5 Å². The van der Waals surface area contributed by atoms with Gasteiger partial charge in [0.1, 0.15) is 0 Å². The van der Waals surface area contributed by atoms with Crippen LogP contribution in [0.2, 0.25) is 0 Å². The maximum Gasteiger partial charge on any atom is 2.00 e. The van der Waals surface area contributed by atoms with Crippen LogP contribution in [0, 0.1) is 20.5 Å². The zero-order valence-electron chi connectivity index (χ0n) is 27.0. The average molecular weight is 850 g/mol. The van der Waals surface area contributed by atoms with Crippen molar-refractivity contribution in [1.29, 1.82) is 0 Å². The summed E-state index contributed by atoms with van der Waals surface area (Å²) in [5, 5.41) is 24.1. The van der Waals surface area contributed by atoms with E-state index >= 15 is 0 Å². The van der Waals surface area contributed by atoms with Crippen LogP contribution < -0.4 is 37.3 Å². The molecule has 0 saturated heterocycles. The molecule has 0 aliphatic heterocycles. The molecule has 0 saturated carbocycles. The minimum atomic E-state index is -4.94. The first-order valence-corrected chi connectivity index (χ1v) is 16.7. The molecule has 0 aliphatic rings. The van der Waals surface area contributed by atoms with Crippen LogP contribution in [0.25, 0.3) is 0 Å². The van der Waals surface area contributed by atoms with Crippen LogP contribution >= 0.6 is 0 Å². The molecule has 17 nitrogen and oxygen atoms in total. The van der Waals surface area contributed by atoms with Gasteiger partial charge in [-0.1, -0.05) is 72.8 Å². The smallest absolute Gasteiger partial charge is 0.236 e. The first kappa shape index (κ1) is 45.8. The molecular weight excluding hydrogens is 822 g/mol. The monoisotopic (exact) mass is 849 g/mol. The molecule has 0 spiro atoms. The third-order valence-electron chi connectivity index (χ3n) is 5.02. The Hall–Kier alpha value is -5.21. The number of azo groups is 3. The van der Waals surface area contributed by atoms with Crippen LogP contribution in [0.5, 0.6) is 0 Å². The van der Waals surface area contributed by atoms with Crippen LogP contribution in [0.1, 0.15) is 0 Å². The van der Waals surface area contributed by atoms with Gasteiger partial charge in [-0.3, -0.25) is 0 Å². The van der Waals surface area contributed by atoms with E-state index in [0.717, 1.165) is 17.1 Å². The fourth-order valence-electron chi connectivity index (χ4n) is 3.05. The number of nitrogens with zero attached hydrogens (tertiary/aromatic N) is 9. The van der Waals surface area contributed by atoms with E-state index in [2.05, 4.69) is 45.6 Å². The van der Waals surface area contributed by atoms with E-state index in [0.29, 0.717) is 17.5 Å². The van der Waals surface area contributed by atoms with Gasteiger partial charge < -0.3 is 0 Å². The second-order valence-corrected chi connectivity index (χ2v) is 10.4. The molecule has 0 aliphatic carbocycles. The summed E-state index contributed by atoms with van der Waals surface area (Å²) in [6.07, 6.45) is 5.08. The maximum absolute atomic E-state index is 8.49. The minimum Gasteiger partial charge on any atom is -0.236 e. The predicted molar refractivity (Wildman–Crippen MR) is 165 cm³/mol. The van der Waals surface area contributed by atoms with Gasteiger partial charge in [-0.2, -0.15) is 0 Å². The van der Waals surface area contributed by atoms with Crippen molar-refractivity contribution >= 4 is 34.5 Å². The molecule has 0 bridgehead atoms. The summed E-state index contributed by atoms with van der Waals surface area (Å²) in [6, 6.07) is 45.4. The molecule has 3 heterocycles. The Bertz CT molecular complexity index is 1520. The average Bonchev–Trinajstić information content (AvgIpc) is 3.14. The van der Waals surface area contributed by atoms with Crippen molar-refractivity contribution in [2.75, 3.05) is 0 Å². The van der Waals surface area contributed by atoms with Crippen molar-refractivity contribution in [3.63, 3.8) is 0 Å². The van der Waals surface area contributed by atoms with Crippen molar-refractivity contribution in [2.45, 2.75) is 0 Å². The second-order valence-electron chi connectivity index (χ2n) is 8.93. The summed E-state index contributed by atoms with van der Waals surface area (Å²) in [5.74, 6) is 1.86. The fourth-order valence-corrected chi connectivity index (χ4v) is 3.05. The van der Waals surface area contributed by atoms with E-state index in [1.807, 2.05) is 146 Å². The van der Waals surface area contributed by atoms with E-state index in [4.69, 9.17) is 37.3 Å². The molecule has 6 aromatic rings. The van der Waals surface area contributed by atoms with Crippen molar-refractivity contribution < 1.29 is 77.2 Å². The van der Waals surface area contributed by atoms with E-state index in [1.54, 1.807) is 18.6 Å². The standard InChI is InChI=1S/3C11H9N3.2ClHO4.Ru/c3*1-2-6-10(7-3-1)13-14-11-8-4-5-9-12-11;2*2-1(3,4)5;/h3*1-9H;2*(H,2,3,4,5);/q;;;;;+2/p-2. The Kier molecular flexibility index (Phi) is 23.0. The van der Waals surface area contributed by atoms with Gasteiger partial charge in [0.2, 0.25) is 0 Å². The van der Waals surface area contributed by atoms with E-state index < -0.39 is 20.5 Å². The number of rotatable bonds is 6. The molecule has 0 radical (unpaired) electrons. The molecule has 0 fully saturated rings. The number of pyridine rings is 3. The first-order valence-electron chi connectivity index (χ1n) is 14.2. The molecule has 6 rings (SSSR count). The Labute approximate surface area is 320 Å². The Morgan fingerprint density at radius 1 is 0.302 bits per heavy atom. The second kappa shape index (κ2) is 26.6. The minimum absolute atomic E-state index is 0. The predicted octanol–water partition coefficient (Wildman–Crippen LogP) is 0.977. The number of hydrogen-bond donors (Lipinski definition) is 0. The van der Waals surface area contributed by atoms with Gasteiger partial charge in [-0.15, -0.1) is 51.2 Å². The summed E-state index contributed by atoms with van der Waals surface area (Å²) >= 11 is 0. The summed E-state index contributed by atoms with van der Waals surface area (Å²) in [4.78, 5) is 12.1. The summed E-state index contributed by atoms with van der Waals surface area (Å²) in [6.45, 7) is 0. The van der Waals surface area contributed by atoms with Crippen molar-refractivity contribution in [2.24, 2.45) is 30.7 Å². The number of halogens is 2. The summed E-state index contributed by atoms with van der Waals surface area (Å²) in [5.41, 5.74) is 2.49. The molecule has 3 aromatic carbocycles. The van der Waals surface area contributed by atoms with Gasteiger partial charge in [-0.05, 0) is 72.8 Å². The van der Waals surface area contributed by atoms with Gasteiger partial charge >= 0.3 is 19.5 Å². The van der Waals surface area contributed by atoms with Gasteiger partial charge in [0.05, 0.1) is 17.1 Å². The largest absolute Gasteiger partial charge is 2.00 e. The van der Waals surface area contributed by atoms with Crippen LogP contribution in [0.3, 0.4) is 0 Å². The molecular formula is C33H27Cl2N9O8Ru. The number of hydrogen-bond acceptors (Lipinski definition) is 17. The van der Waals surface area contributed by atoms with Crippen molar-refractivity contribution in [3.8, 4) is 0 Å². The van der Waals surface area contributed by atoms with E-state index in [-0.39, 0.29) is 19.5 Å². The summed E-state index contributed by atoms with van der Waals surface area (Å²) in [7, 11) is -9.89. The number of benzene rings is 3. The van der Waals surface area contributed by atoms with E-state index in [9.17, 15) is 0 Å². The first-order chi connectivity index (χ1) is 24.8. The van der Waals surface area contributed by atoms with Gasteiger partial charge in [0.25, 0.3) is 0 Å². The van der Waals surface area contributed by atoms with Gasteiger partial charge in [0, 0.05) is 18.6 Å². The van der Waals surface area contributed by atoms with Crippen LogP contribution in [-0.4, -0.2) is 15.0 Å². The van der Waals surface area contributed by atoms with Crippen molar-refractivity contribution in [3.05, 3.63) is 164 Å². The third kappa shape index (κ3) is 28.1. The molecule has 274 valence electrons. The molecule has 0 unspecified atom stereocenters. The van der Waals surface area contributed by atoms with Crippen molar-refractivity contribution in [1.82, 2.24) is 15.0 Å². The topological polar surface area (TPSA) is 297 Å². The molecule has 0 N–H and O–H groups in total. The number of aromatic nitrogens is 3. The van der Waals surface area contributed by atoms with E-state index in [1.165, 1.54) is 0 Å². The quantitative estimate of drug-likeness (QED) is 0.168. The van der Waals surface area contributed by atoms with Crippen LogP contribution in [-0.2, 0) is 19.5 Å². The summed E-state index contributed by atoms with van der Waals surface area (Å²) < 4.78 is 67.9. The Balaban J connectivity index is 0.000000350. The van der Waals surface area contributed by atoms with Crippen LogP contribution in [0.15, 0.2) is 195 Å². The molecule has 0 atom stereocenters. The Morgan fingerprint density at radius 2 is 0.509 bits per heavy atom. The fraction of sp³-hybridized carbons (Fsp3) is 0. The molecule has 53 heavy (non-hydrogen) atoms. The zero-order valence-corrected chi connectivity index (χ0v) is 30.2.